The van der Waals surface area contributed by atoms with Crippen molar-refractivity contribution in [3.05, 3.63) is 34.1 Å². The number of halogens is 1. The van der Waals surface area contributed by atoms with E-state index in [2.05, 4.69) is 50.6 Å². The van der Waals surface area contributed by atoms with Gasteiger partial charge in [-0.25, -0.2) is 0 Å². The minimum atomic E-state index is 0.410. The zero-order valence-corrected chi connectivity index (χ0v) is 13.5. The summed E-state index contributed by atoms with van der Waals surface area (Å²) in [5, 5.41) is 14.4. The molecule has 0 atom stereocenters. The van der Waals surface area contributed by atoms with E-state index in [1.165, 1.54) is 0 Å². The number of nitrogens with one attached hydrogen (secondary N) is 2. The lowest BCUT2D eigenvalue weighted by molar-refractivity contribution is 0.460. The van der Waals surface area contributed by atoms with Gasteiger partial charge in [-0.3, -0.25) is 0 Å². The largest absolute Gasteiger partial charge is 0.406 e. The molecule has 0 amide bonds. The lowest BCUT2D eigenvalue weighted by Gasteiger charge is -2.06. The lowest BCUT2D eigenvalue weighted by Crippen LogP contribution is -2.19. The van der Waals surface area contributed by atoms with Crippen molar-refractivity contribution in [1.82, 2.24) is 15.5 Å². The van der Waals surface area contributed by atoms with Gasteiger partial charge in [-0.1, -0.05) is 40.9 Å². The van der Waals surface area contributed by atoms with Gasteiger partial charge in [0.2, 0.25) is 5.89 Å². The van der Waals surface area contributed by atoms with Crippen LogP contribution in [0.1, 0.15) is 25.3 Å². The molecule has 2 rings (SSSR count). The van der Waals surface area contributed by atoms with Crippen molar-refractivity contribution < 1.29 is 4.42 Å². The molecule has 0 saturated carbocycles. The molecule has 0 radical (unpaired) electrons. The first-order valence-electron chi connectivity index (χ1n) is 6.61. The average molecular weight is 339 g/mol. The Bertz CT molecular complexity index is 568. The molecule has 0 aliphatic carbocycles. The van der Waals surface area contributed by atoms with Gasteiger partial charge in [-0.15, -0.1) is 5.10 Å². The van der Waals surface area contributed by atoms with Gasteiger partial charge in [0.05, 0.1) is 6.54 Å². The molecule has 6 heteroatoms. The molecule has 1 aromatic carbocycles. The average Bonchev–Trinajstić information content (AvgIpc) is 2.81. The van der Waals surface area contributed by atoms with Gasteiger partial charge in [0, 0.05) is 10.2 Å². The van der Waals surface area contributed by atoms with Crippen LogP contribution in [0.3, 0.4) is 0 Å². The minimum Gasteiger partial charge on any atom is -0.406 e. The fraction of sp³-hybridized carbons (Fsp3) is 0.429. The molecule has 0 aliphatic rings. The first-order valence-corrected chi connectivity index (χ1v) is 7.40. The maximum absolute atomic E-state index is 5.55. The van der Waals surface area contributed by atoms with E-state index < -0.39 is 0 Å². The number of aromatic nitrogens is 2. The van der Waals surface area contributed by atoms with E-state index in [0.29, 0.717) is 24.4 Å². The van der Waals surface area contributed by atoms with Gasteiger partial charge < -0.3 is 15.1 Å². The monoisotopic (exact) mass is 338 g/mol. The van der Waals surface area contributed by atoms with Crippen molar-refractivity contribution in [2.45, 2.75) is 27.3 Å². The normalized spacial score (nSPS) is 11.1. The summed E-state index contributed by atoms with van der Waals surface area (Å²) in [6, 6.07) is 6.41. The number of hydrogen-bond acceptors (Lipinski definition) is 5. The third-order valence-corrected chi connectivity index (χ3v) is 3.23. The Labute approximate surface area is 127 Å². The molecule has 0 aliphatic heterocycles. The highest BCUT2D eigenvalue weighted by Gasteiger charge is 2.08. The standard InChI is InChI=1S/C14H19BrN4O/c1-9(2)7-16-8-13-18-19-14(20-13)17-12-6-11(15)5-4-10(12)3/h4-6,9,16H,7-8H2,1-3H3,(H,17,19). The van der Waals surface area contributed by atoms with Crippen LogP contribution in [0, 0.1) is 12.8 Å². The number of anilines is 2. The fourth-order valence-corrected chi connectivity index (χ4v) is 2.05. The zero-order chi connectivity index (χ0) is 14.5. The molecule has 1 heterocycles. The van der Waals surface area contributed by atoms with Crippen LogP contribution in [0.25, 0.3) is 0 Å². The SMILES string of the molecule is Cc1ccc(Br)cc1Nc1nnc(CNCC(C)C)o1. The predicted molar refractivity (Wildman–Crippen MR) is 83.0 cm³/mol. The van der Waals surface area contributed by atoms with E-state index in [1.54, 1.807) is 0 Å². The summed E-state index contributed by atoms with van der Waals surface area (Å²) in [5.74, 6) is 1.18. The Balaban J connectivity index is 1.97. The molecule has 0 unspecified atom stereocenters. The van der Waals surface area contributed by atoms with Gasteiger partial charge in [-0.05, 0) is 37.1 Å². The summed E-state index contributed by atoms with van der Waals surface area (Å²) >= 11 is 3.45. The Kier molecular flexibility index (Phi) is 5.14. The fourth-order valence-electron chi connectivity index (χ4n) is 1.69. The molecule has 5 nitrogen and oxygen atoms in total. The first-order chi connectivity index (χ1) is 9.54. The molecule has 0 bridgehead atoms. The molecule has 0 saturated heterocycles. The third-order valence-electron chi connectivity index (χ3n) is 2.74. The Hall–Kier alpha value is -1.40. The quantitative estimate of drug-likeness (QED) is 0.841. The van der Waals surface area contributed by atoms with Crippen molar-refractivity contribution in [2.24, 2.45) is 5.92 Å². The maximum atomic E-state index is 5.55. The molecule has 2 N–H and O–H groups in total. The van der Waals surface area contributed by atoms with Crippen LogP contribution < -0.4 is 10.6 Å². The molecular weight excluding hydrogens is 320 g/mol. The maximum Gasteiger partial charge on any atom is 0.320 e. The van der Waals surface area contributed by atoms with Crippen LogP contribution in [-0.2, 0) is 6.54 Å². The Morgan fingerprint density at radius 3 is 2.85 bits per heavy atom. The second-order valence-corrected chi connectivity index (χ2v) is 6.03. The van der Waals surface area contributed by atoms with Crippen LogP contribution in [0.5, 0.6) is 0 Å². The summed E-state index contributed by atoms with van der Waals surface area (Å²) in [6.07, 6.45) is 0. The van der Waals surface area contributed by atoms with E-state index in [-0.39, 0.29) is 0 Å². The summed E-state index contributed by atoms with van der Waals surface area (Å²) in [7, 11) is 0. The van der Waals surface area contributed by atoms with Crippen molar-refractivity contribution >= 4 is 27.6 Å². The number of benzene rings is 1. The van der Waals surface area contributed by atoms with Crippen LogP contribution in [0.2, 0.25) is 0 Å². The Morgan fingerprint density at radius 1 is 1.30 bits per heavy atom. The van der Waals surface area contributed by atoms with Gasteiger partial charge >= 0.3 is 6.01 Å². The number of rotatable bonds is 6. The van der Waals surface area contributed by atoms with Crippen LogP contribution in [-0.4, -0.2) is 16.7 Å². The van der Waals surface area contributed by atoms with Gasteiger partial charge in [0.25, 0.3) is 0 Å². The minimum absolute atomic E-state index is 0.410. The second kappa shape index (κ2) is 6.85. The molecule has 20 heavy (non-hydrogen) atoms. The summed E-state index contributed by atoms with van der Waals surface area (Å²) < 4.78 is 6.56. The van der Waals surface area contributed by atoms with E-state index in [9.17, 15) is 0 Å². The third kappa shape index (κ3) is 4.31. The summed E-state index contributed by atoms with van der Waals surface area (Å²) in [5.41, 5.74) is 2.07. The van der Waals surface area contributed by atoms with Crippen molar-refractivity contribution in [2.75, 3.05) is 11.9 Å². The highest BCUT2D eigenvalue weighted by atomic mass is 79.9. The number of aryl methyl sites for hydroxylation is 1. The van der Waals surface area contributed by atoms with Gasteiger partial charge in [-0.2, -0.15) is 0 Å². The molecule has 1 aromatic heterocycles. The summed E-state index contributed by atoms with van der Waals surface area (Å²) in [4.78, 5) is 0. The first kappa shape index (κ1) is 15.0. The van der Waals surface area contributed by atoms with E-state index in [4.69, 9.17) is 4.42 Å². The van der Waals surface area contributed by atoms with Crippen molar-refractivity contribution in [3.63, 3.8) is 0 Å². The predicted octanol–water partition coefficient (Wildman–Crippen LogP) is 3.63. The van der Waals surface area contributed by atoms with Crippen molar-refractivity contribution in [3.8, 4) is 0 Å². The van der Waals surface area contributed by atoms with Crippen LogP contribution in [0.15, 0.2) is 27.1 Å². The second-order valence-electron chi connectivity index (χ2n) is 5.11. The van der Waals surface area contributed by atoms with Crippen molar-refractivity contribution in [1.29, 1.82) is 0 Å². The molecule has 0 fully saturated rings. The van der Waals surface area contributed by atoms with E-state index in [0.717, 1.165) is 22.3 Å². The molecule has 2 aromatic rings. The van der Waals surface area contributed by atoms with E-state index in [1.807, 2.05) is 25.1 Å². The van der Waals surface area contributed by atoms with Gasteiger partial charge in [0.1, 0.15) is 0 Å². The molecule has 108 valence electrons. The zero-order valence-electron chi connectivity index (χ0n) is 11.9. The van der Waals surface area contributed by atoms with Crippen LogP contribution >= 0.6 is 15.9 Å². The molecule has 0 spiro atoms. The lowest BCUT2D eigenvalue weighted by atomic mass is 10.2. The topological polar surface area (TPSA) is 63.0 Å². The number of nitrogens with zero attached hydrogens (tertiary/aromatic N) is 2. The Morgan fingerprint density at radius 2 is 2.10 bits per heavy atom. The van der Waals surface area contributed by atoms with Gasteiger partial charge in [0.15, 0.2) is 0 Å². The smallest absolute Gasteiger partial charge is 0.320 e. The number of hydrogen-bond donors (Lipinski definition) is 2. The van der Waals surface area contributed by atoms with Crippen LogP contribution in [0.4, 0.5) is 11.7 Å². The van der Waals surface area contributed by atoms with E-state index >= 15 is 0 Å². The highest BCUT2D eigenvalue weighted by Crippen LogP contribution is 2.23. The highest BCUT2D eigenvalue weighted by molar-refractivity contribution is 9.10. The summed E-state index contributed by atoms with van der Waals surface area (Å²) in [6.45, 7) is 7.85. The molecular formula is C14H19BrN4O.